The molecule has 1 aliphatic carbocycles. The number of guanidine groups is 1. The van der Waals surface area contributed by atoms with E-state index in [1.165, 1.54) is 30.6 Å². The summed E-state index contributed by atoms with van der Waals surface area (Å²) in [4.78, 5) is 10.5. The number of aromatic nitrogens is 1. The molecular weight excluding hydrogens is 356 g/mol. The maximum Gasteiger partial charge on any atom is 0.191 e. The Kier molecular flexibility index (Phi) is 5.99. The summed E-state index contributed by atoms with van der Waals surface area (Å²) in [6, 6.07) is 0.471. The molecule has 1 unspecified atom stereocenters. The second-order valence-electron chi connectivity index (χ2n) is 7.19. The van der Waals surface area contributed by atoms with Gasteiger partial charge in [-0.25, -0.2) is 18.4 Å². The first-order chi connectivity index (χ1) is 11.9. The summed E-state index contributed by atoms with van der Waals surface area (Å²) in [5.41, 5.74) is 1.07. The number of hydrogen-bond acceptors (Lipinski definition) is 5. The van der Waals surface area contributed by atoms with Crippen molar-refractivity contribution < 1.29 is 8.42 Å². The van der Waals surface area contributed by atoms with E-state index >= 15 is 0 Å². The van der Waals surface area contributed by atoms with E-state index in [2.05, 4.69) is 22.5 Å². The molecule has 1 saturated carbocycles. The Morgan fingerprint density at radius 2 is 2.04 bits per heavy atom. The van der Waals surface area contributed by atoms with Crippen LogP contribution in [0.15, 0.2) is 4.99 Å². The Balaban J connectivity index is 1.60. The predicted molar refractivity (Wildman–Crippen MR) is 103 cm³/mol. The third-order valence-corrected chi connectivity index (χ3v) is 7.92. The zero-order valence-electron chi connectivity index (χ0n) is 15.0. The molecule has 140 valence electrons. The first-order valence-corrected chi connectivity index (χ1v) is 11.7. The van der Waals surface area contributed by atoms with E-state index in [1.54, 1.807) is 11.3 Å². The van der Waals surface area contributed by atoms with Crippen molar-refractivity contribution in [2.24, 2.45) is 10.9 Å². The van der Waals surface area contributed by atoms with Gasteiger partial charge in [-0.15, -0.1) is 11.3 Å². The molecule has 25 heavy (non-hydrogen) atoms. The number of rotatable bonds is 5. The van der Waals surface area contributed by atoms with Crippen LogP contribution < -0.4 is 10.6 Å². The van der Waals surface area contributed by atoms with Crippen molar-refractivity contribution in [1.82, 2.24) is 15.6 Å². The fourth-order valence-electron chi connectivity index (χ4n) is 3.44. The highest BCUT2D eigenvalue weighted by atomic mass is 32.2. The molecule has 2 heterocycles. The molecule has 2 N–H and O–H groups in total. The lowest BCUT2D eigenvalue weighted by Gasteiger charge is -2.19. The topological polar surface area (TPSA) is 83.5 Å². The van der Waals surface area contributed by atoms with Gasteiger partial charge in [0.15, 0.2) is 15.8 Å². The average Bonchev–Trinajstić information content (AvgIpc) is 3.25. The standard InChI is InChI=1S/C17H28N4O2S2/c1-12-13(2)24-16(20-12)10-19-17(21-15-5-3-4-6-15)18-9-14-7-8-25(22,23)11-14/h14-15H,3-11H2,1-2H3,(H2,18,19,21). The minimum absolute atomic E-state index is 0.185. The number of aliphatic imine (C=N–C) groups is 1. The van der Waals surface area contributed by atoms with E-state index in [-0.39, 0.29) is 5.92 Å². The summed E-state index contributed by atoms with van der Waals surface area (Å²) in [5, 5.41) is 7.91. The lowest BCUT2D eigenvalue weighted by molar-refractivity contribution is 0.553. The van der Waals surface area contributed by atoms with E-state index in [0.29, 0.717) is 30.6 Å². The molecule has 0 radical (unpaired) electrons. The molecule has 0 spiro atoms. The normalized spacial score (nSPS) is 23.9. The molecule has 0 amide bonds. The second kappa shape index (κ2) is 8.03. The minimum Gasteiger partial charge on any atom is -0.356 e. The quantitative estimate of drug-likeness (QED) is 0.600. The highest BCUT2D eigenvalue weighted by molar-refractivity contribution is 7.91. The number of sulfone groups is 1. The van der Waals surface area contributed by atoms with Gasteiger partial charge in [-0.1, -0.05) is 12.8 Å². The molecule has 3 rings (SSSR count). The van der Waals surface area contributed by atoms with Crippen molar-refractivity contribution in [3.8, 4) is 0 Å². The summed E-state index contributed by atoms with van der Waals surface area (Å²) in [7, 11) is -2.83. The van der Waals surface area contributed by atoms with Gasteiger partial charge >= 0.3 is 0 Å². The van der Waals surface area contributed by atoms with E-state index in [9.17, 15) is 8.42 Å². The number of thiazole rings is 1. The Morgan fingerprint density at radius 3 is 2.64 bits per heavy atom. The van der Waals surface area contributed by atoms with Gasteiger partial charge in [-0.05, 0) is 39.0 Å². The zero-order chi connectivity index (χ0) is 17.9. The maximum atomic E-state index is 11.6. The van der Waals surface area contributed by atoms with Crippen molar-refractivity contribution in [1.29, 1.82) is 0 Å². The lowest BCUT2D eigenvalue weighted by atomic mass is 10.1. The van der Waals surface area contributed by atoms with Gasteiger partial charge in [-0.3, -0.25) is 0 Å². The van der Waals surface area contributed by atoms with E-state index in [4.69, 9.17) is 4.99 Å². The van der Waals surface area contributed by atoms with Gasteiger partial charge in [0.05, 0.1) is 23.7 Å². The van der Waals surface area contributed by atoms with Gasteiger partial charge in [0.1, 0.15) is 5.01 Å². The van der Waals surface area contributed by atoms with Gasteiger partial charge in [-0.2, -0.15) is 0 Å². The van der Waals surface area contributed by atoms with Crippen LogP contribution in [0, 0.1) is 19.8 Å². The van der Waals surface area contributed by atoms with Crippen LogP contribution in [0.25, 0.3) is 0 Å². The molecule has 1 aromatic heterocycles. The molecule has 8 heteroatoms. The van der Waals surface area contributed by atoms with Crippen LogP contribution in [0.2, 0.25) is 0 Å². The first-order valence-electron chi connectivity index (χ1n) is 9.09. The number of hydrogen-bond donors (Lipinski definition) is 2. The third-order valence-electron chi connectivity index (χ3n) is 5.03. The molecule has 1 atom stereocenters. The van der Waals surface area contributed by atoms with Gasteiger partial charge in [0.25, 0.3) is 0 Å². The van der Waals surface area contributed by atoms with Crippen molar-refractivity contribution in [2.45, 2.75) is 58.5 Å². The number of aryl methyl sites for hydroxylation is 2. The summed E-state index contributed by atoms with van der Waals surface area (Å²) in [6.45, 7) is 5.32. The van der Waals surface area contributed by atoms with Crippen molar-refractivity contribution in [3.05, 3.63) is 15.6 Å². The maximum absolute atomic E-state index is 11.6. The van der Waals surface area contributed by atoms with Crippen molar-refractivity contribution in [3.63, 3.8) is 0 Å². The van der Waals surface area contributed by atoms with Gasteiger partial charge in [0.2, 0.25) is 0 Å². The van der Waals surface area contributed by atoms with Gasteiger partial charge < -0.3 is 10.6 Å². The smallest absolute Gasteiger partial charge is 0.191 e. The second-order valence-corrected chi connectivity index (χ2v) is 10.7. The monoisotopic (exact) mass is 384 g/mol. The molecule has 0 aromatic carbocycles. The number of nitrogens with zero attached hydrogens (tertiary/aromatic N) is 2. The van der Waals surface area contributed by atoms with Crippen LogP contribution in [-0.4, -0.2) is 43.5 Å². The van der Waals surface area contributed by atoms with Crippen LogP contribution in [-0.2, 0) is 16.4 Å². The van der Waals surface area contributed by atoms with E-state index in [1.807, 2.05) is 6.92 Å². The van der Waals surface area contributed by atoms with E-state index in [0.717, 1.165) is 23.1 Å². The zero-order valence-corrected chi connectivity index (χ0v) is 16.7. The summed E-state index contributed by atoms with van der Waals surface area (Å²) in [5.74, 6) is 1.59. The number of nitrogens with one attached hydrogen (secondary N) is 2. The molecule has 6 nitrogen and oxygen atoms in total. The highest BCUT2D eigenvalue weighted by Gasteiger charge is 2.28. The molecule has 2 fully saturated rings. The minimum atomic E-state index is -2.83. The Hall–Kier alpha value is -1.15. The van der Waals surface area contributed by atoms with Crippen LogP contribution in [0.3, 0.4) is 0 Å². The van der Waals surface area contributed by atoms with Crippen LogP contribution in [0.4, 0.5) is 0 Å². The van der Waals surface area contributed by atoms with Crippen LogP contribution in [0.1, 0.15) is 47.7 Å². The Labute approximate surface area is 154 Å². The molecular formula is C17H28N4O2S2. The van der Waals surface area contributed by atoms with Crippen molar-refractivity contribution in [2.75, 3.05) is 18.1 Å². The summed E-state index contributed by atoms with van der Waals surface area (Å²) < 4.78 is 23.3. The Bertz CT molecular complexity index is 702. The summed E-state index contributed by atoms with van der Waals surface area (Å²) >= 11 is 1.69. The van der Waals surface area contributed by atoms with Gasteiger partial charge in [0, 0.05) is 17.5 Å². The molecule has 1 aromatic rings. The predicted octanol–water partition coefficient (Wildman–Crippen LogP) is 2.17. The first kappa shape index (κ1) is 18.6. The molecule has 1 saturated heterocycles. The summed E-state index contributed by atoms with van der Waals surface area (Å²) in [6.07, 6.45) is 5.62. The molecule has 2 aliphatic rings. The molecule has 0 bridgehead atoms. The molecule has 1 aliphatic heterocycles. The van der Waals surface area contributed by atoms with E-state index < -0.39 is 9.84 Å². The fraction of sp³-hybridized carbons (Fsp3) is 0.765. The Morgan fingerprint density at radius 1 is 1.28 bits per heavy atom. The lowest BCUT2D eigenvalue weighted by Crippen LogP contribution is -2.44. The fourth-order valence-corrected chi connectivity index (χ4v) is 6.16. The third kappa shape index (κ3) is 5.41. The average molecular weight is 385 g/mol. The van der Waals surface area contributed by atoms with Crippen LogP contribution in [0.5, 0.6) is 0 Å². The largest absolute Gasteiger partial charge is 0.356 e. The SMILES string of the molecule is Cc1nc(CN=C(NCC2CCS(=O)(=O)C2)NC2CCCC2)sc1C. The highest BCUT2D eigenvalue weighted by Crippen LogP contribution is 2.20. The van der Waals surface area contributed by atoms with Crippen molar-refractivity contribution >= 4 is 27.1 Å². The van der Waals surface area contributed by atoms with Crippen LogP contribution >= 0.6 is 11.3 Å².